The largest absolute Gasteiger partial charge is 0.314 e. The molecule has 1 fully saturated rings. The van der Waals surface area contributed by atoms with E-state index in [2.05, 4.69) is 46.7 Å². The van der Waals surface area contributed by atoms with Crippen LogP contribution in [0.3, 0.4) is 0 Å². The van der Waals surface area contributed by atoms with Crippen molar-refractivity contribution in [1.29, 1.82) is 0 Å². The summed E-state index contributed by atoms with van der Waals surface area (Å²) in [5, 5.41) is 0. The summed E-state index contributed by atoms with van der Waals surface area (Å²) in [5.41, 5.74) is 0.383. The van der Waals surface area contributed by atoms with Crippen LogP contribution in [-0.2, 0) is 0 Å². The van der Waals surface area contributed by atoms with Gasteiger partial charge in [-0.2, -0.15) is 0 Å². The third kappa shape index (κ3) is 2.68. The van der Waals surface area contributed by atoms with E-state index in [0.717, 1.165) is 10.4 Å². The molecule has 0 spiro atoms. The van der Waals surface area contributed by atoms with E-state index in [0.29, 0.717) is 5.54 Å². The van der Waals surface area contributed by atoms with E-state index in [-0.39, 0.29) is 0 Å². The summed E-state index contributed by atoms with van der Waals surface area (Å²) in [5.74, 6) is 0.775. The van der Waals surface area contributed by atoms with E-state index < -0.39 is 0 Å². The van der Waals surface area contributed by atoms with Crippen molar-refractivity contribution < 1.29 is 4.48 Å². The maximum absolute atomic E-state index is 2.62. The zero-order chi connectivity index (χ0) is 10.3. The SMILES string of the molecule is CC(C)CN1C[N+](C)(C)CC1(C)C. The highest BCUT2D eigenvalue weighted by atomic mass is 15.5. The summed E-state index contributed by atoms with van der Waals surface area (Å²) in [6.45, 7) is 13.0. The van der Waals surface area contributed by atoms with E-state index in [9.17, 15) is 0 Å². The van der Waals surface area contributed by atoms with E-state index in [1.54, 1.807) is 0 Å². The smallest absolute Gasteiger partial charge is 0.135 e. The Hall–Kier alpha value is -0.0800. The Kier molecular flexibility index (Phi) is 2.75. The van der Waals surface area contributed by atoms with Gasteiger partial charge in [-0.3, -0.25) is 0 Å². The van der Waals surface area contributed by atoms with Crippen LogP contribution in [0, 0.1) is 5.92 Å². The third-order valence-electron chi connectivity index (χ3n) is 2.81. The van der Waals surface area contributed by atoms with Crippen molar-refractivity contribution in [3.63, 3.8) is 0 Å². The summed E-state index contributed by atoms with van der Waals surface area (Å²) >= 11 is 0. The predicted molar refractivity (Wildman–Crippen MR) is 57.5 cm³/mol. The zero-order valence-electron chi connectivity index (χ0n) is 10.1. The van der Waals surface area contributed by atoms with Crippen molar-refractivity contribution in [2.24, 2.45) is 5.92 Å². The minimum absolute atomic E-state index is 0.383. The normalized spacial score (nSPS) is 27.0. The van der Waals surface area contributed by atoms with Gasteiger partial charge in [0, 0.05) is 6.54 Å². The molecule has 1 heterocycles. The molecule has 1 aliphatic rings. The number of rotatable bonds is 2. The molecule has 0 bridgehead atoms. The molecule has 0 saturated carbocycles. The summed E-state index contributed by atoms with van der Waals surface area (Å²) < 4.78 is 1.14. The van der Waals surface area contributed by atoms with Crippen LogP contribution in [-0.4, -0.2) is 48.8 Å². The highest BCUT2D eigenvalue weighted by Crippen LogP contribution is 2.27. The van der Waals surface area contributed by atoms with Gasteiger partial charge in [-0.05, 0) is 19.8 Å². The minimum atomic E-state index is 0.383. The first-order valence-corrected chi connectivity index (χ1v) is 5.30. The number of quaternary nitrogens is 1. The van der Waals surface area contributed by atoms with Gasteiger partial charge in [0.2, 0.25) is 0 Å². The number of nitrogens with zero attached hydrogens (tertiary/aromatic N) is 2. The van der Waals surface area contributed by atoms with Crippen molar-refractivity contribution >= 4 is 0 Å². The molecule has 0 amide bonds. The maximum atomic E-state index is 2.62. The van der Waals surface area contributed by atoms with Crippen LogP contribution < -0.4 is 0 Å². The molecule has 1 saturated heterocycles. The van der Waals surface area contributed by atoms with Gasteiger partial charge in [0.15, 0.2) is 0 Å². The first kappa shape index (κ1) is 11.0. The molecule has 0 aromatic carbocycles. The van der Waals surface area contributed by atoms with Gasteiger partial charge in [-0.1, -0.05) is 13.8 Å². The van der Waals surface area contributed by atoms with Crippen molar-refractivity contribution in [1.82, 2.24) is 4.90 Å². The van der Waals surface area contributed by atoms with E-state index >= 15 is 0 Å². The van der Waals surface area contributed by atoms with Crippen molar-refractivity contribution in [2.75, 3.05) is 33.9 Å². The highest BCUT2D eigenvalue weighted by molar-refractivity contribution is 4.84. The van der Waals surface area contributed by atoms with Gasteiger partial charge >= 0.3 is 0 Å². The number of likely N-dealkylation sites (N-methyl/N-ethyl adjacent to an activating group) is 1. The van der Waals surface area contributed by atoms with Gasteiger partial charge < -0.3 is 4.48 Å². The van der Waals surface area contributed by atoms with Gasteiger partial charge in [0.05, 0.1) is 26.2 Å². The molecule has 0 aromatic rings. The van der Waals surface area contributed by atoms with Gasteiger partial charge in [0.25, 0.3) is 0 Å². The first-order valence-electron chi connectivity index (χ1n) is 5.30. The fourth-order valence-electron chi connectivity index (χ4n) is 2.60. The van der Waals surface area contributed by atoms with Gasteiger partial charge in [-0.15, -0.1) is 0 Å². The minimum Gasteiger partial charge on any atom is -0.314 e. The molecule has 0 aliphatic carbocycles. The second kappa shape index (κ2) is 3.25. The maximum Gasteiger partial charge on any atom is 0.135 e. The lowest BCUT2D eigenvalue weighted by atomic mass is 10.0. The number of hydrogen-bond donors (Lipinski definition) is 0. The van der Waals surface area contributed by atoms with Crippen LogP contribution >= 0.6 is 0 Å². The van der Waals surface area contributed by atoms with E-state index in [4.69, 9.17) is 0 Å². The monoisotopic (exact) mass is 185 g/mol. The van der Waals surface area contributed by atoms with Crippen molar-refractivity contribution in [2.45, 2.75) is 33.2 Å². The molecule has 0 radical (unpaired) electrons. The molecular weight excluding hydrogens is 160 g/mol. The standard InChI is InChI=1S/C11H25N2/c1-10(2)7-12-9-13(5,6)8-11(12,3)4/h10H,7-9H2,1-6H3/q+1. The van der Waals surface area contributed by atoms with Crippen LogP contribution in [0.5, 0.6) is 0 Å². The molecule has 0 N–H and O–H groups in total. The van der Waals surface area contributed by atoms with E-state index in [1.807, 2.05) is 0 Å². The lowest BCUT2D eigenvalue weighted by Crippen LogP contribution is -2.42. The van der Waals surface area contributed by atoms with E-state index in [1.165, 1.54) is 19.8 Å². The molecule has 2 heteroatoms. The van der Waals surface area contributed by atoms with Crippen LogP contribution in [0.15, 0.2) is 0 Å². The van der Waals surface area contributed by atoms with Crippen LogP contribution in [0.25, 0.3) is 0 Å². The lowest BCUT2D eigenvalue weighted by Gasteiger charge is -2.28. The van der Waals surface area contributed by atoms with Crippen LogP contribution in [0.2, 0.25) is 0 Å². The molecule has 1 rings (SSSR count). The first-order chi connectivity index (χ1) is 5.73. The summed E-state index contributed by atoms with van der Waals surface area (Å²) in [6, 6.07) is 0. The molecule has 0 atom stereocenters. The van der Waals surface area contributed by atoms with Crippen molar-refractivity contribution in [3.8, 4) is 0 Å². The predicted octanol–water partition coefficient (Wildman–Crippen LogP) is 1.77. The Morgan fingerprint density at radius 3 is 2.15 bits per heavy atom. The summed E-state index contributed by atoms with van der Waals surface area (Å²) in [4.78, 5) is 2.62. The topological polar surface area (TPSA) is 3.24 Å². The Morgan fingerprint density at radius 1 is 1.31 bits per heavy atom. The molecule has 1 aliphatic heterocycles. The molecule has 0 aromatic heterocycles. The fraction of sp³-hybridized carbons (Fsp3) is 1.00. The van der Waals surface area contributed by atoms with Gasteiger partial charge in [0.1, 0.15) is 6.67 Å². The Balaban J connectivity index is 2.65. The number of hydrogen-bond acceptors (Lipinski definition) is 1. The van der Waals surface area contributed by atoms with Gasteiger partial charge in [-0.25, -0.2) is 4.90 Å². The molecule has 13 heavy (non-hydrogen) atoms. The second-order valence-corrected chi connectivity index (χ2v) is 6.16. The summed E-state index contributed by atoms with van der Waals surface area (Å²) in [6.07, 6.45) is 0. The average molecular weight is 185 g/mol. The molecule has 2 nitrogen and oxygen atoms in total. The van der Waals surface area contributed by atoms with Crippen LogP contribution in [0.4, 0.5) is 0 Å². The summed E-state index contributed by atoms with van der Waals surface area (Å²) in [7, 11) is 4.64. The third-order valence-corrected chi connectivity index (χ3v) is 2.81. The highest BCUT2D eigenvalue weighted by Gasteiger charge is 2.43. The molecule has 0 unspecified atom stereocenters. The Morgan fingerprint density at radius 2 is 1.85 bits per heavy atom. The Labute approximate surface area is 83.1 Å². The average Bonchev–Trinajstić information content (AvgIpc) is 1.98. The van der Waals surface area contributed by atoms with Crippen molar-refractivity contribution in [3.05, 3.63) is 0 Å². The lowest BCUT2D eigenvalue weighted by molar-refractivity contribution is -0.883. The molecular formula is C11H25N2+. The quantitative estimate of drug-likeness (QED) is 0.593. The Bertz CT molecular complexity index is 183. The van der Waals surface area contributed by atoms with Crippen LogP contribution in [0.1, 0.15) is 27.7 Å². The molecule has 78 valence electrons. The fourth-order valence-corrected chi connectivity index (χ4v) is 2.60. The second-order valence-electron chi connectivity index (χ2n) is 6.16. The zero-order valence-corrected chi connectivity index (χ0v) is 10.1.